The molecule has 0 aliphatic carbocycles. The largest absolute Gasteiger partial charge is 0.394 e. The van der Waals surface area contributed by atoms with Crippen LogP contribution >= 0.6 is 0 Å². The molecule has 1 rings (SSSR count). The lowest BCUT2D eigenvalue weighted by Gasteiger charge is -2.40. The Balaban J connectivity index is 2.13. The number of unbranched alkanes of at least 4 members (excludes halogenated alkanes) is 50. The summed E-state index contributed by atoms with van der Waals surface area (Å²) in [6.07, 6.45) is 82.5. The number of carbonyl (C=O) groups excluding carboxylic acids is 1. The molecule has 7 unspecified atom stereocenters. The molecule has 0 radical (unpaired) electrons. The first kappa shape index (κ1) is 81.2. The van der Waals surface area contributed by atoms with E-state index >= 15 is 0 Å². The van der Waals surface area contributed by atoms with Crippen molar-refractivity contribution in [3.8, 4) is 0 Å². The normalized spacial score (nSPS) is 18.3. The van der Waals surface area contributed by atoms with Crippen molar-refractivity contribution in [3.05, 3.63) is 48.6 Å². The molecular weight excluding hydrogens is 1050 g/mol. The van der Waals surface area contributed by atoms with E-state index in [1.165, 1.54) is 308 Å². The predicted molar refractivity (Wildman–Crippen MR) is 364 cm³/mol. The van der Waals surface area contributed by atoms with Crippen LogP contribution in [0.2, 0.25) is 0 Å². The van der Waals surface area contributed by atoms with Gasteiger partial charge < -0.3 is 40.3 Å². The first-order valence-corrected chi connectivity index (χ1v) is 37.4. The third-order valence-electron chi connectivity index (χ3n) is 17.9. The molecule has 0 aromatic carbocycles. The van der Waals surface area contributed by atoms with E-state index in [9.17, 15) is 30.3 Å². The minimum atomic E-state index is -1.58. The molecule has 9 nitrogen and oxygen atoms in total. The summed E-state index contributed by atoms with van der Waals surface area (Å²) in [5.74, 6) is -0.185. The number of allylic oxidation sites excluding steroid dienone is 7. The highest BCUT2D eigenvalue weighted by atomic mass is 16.7. The zero-order valence-electron chi connectivity index (χ0n) is 56.1. The number of ether oxygens (including phenoxy) is 2. The lowest BCUT2D eigenvalue weighted by atomic mass is 9.99. The van der Waals surface area contributed by atoms with E-state index in [0.717, 1.165) is 44.9 Å². The van der Waals surface area contributed by atoms with Crippen molar-refractivity contribution in [3.63, 3.8) is 0 Å². The maximum Gasteiger partial charge on any atom is 0.220 e. The van der Waals surface area contributed by atoms with Gasteiger partial charge in [0.2, 0.25) is 5.91 Å². The van der Waals surface area contributed by atoms with Crippen molar-refractivity contribution < 1.29 is 39.8 Å². The molecular formula is C76H143NO8. The van der Waals surface area contributed by atoms with Gasteiger partial charge in [-0.25, -0.2) is 0 Å². The highest BCUT2D eigenvalue weighted by molar-refractivity contribution is 5.76. The summed E-state index contributed by atoms with van der Waals surface area (Å²) in [7, 11) is 0. The van der Waals surface area contributed by atoms with Crippen molar-refractivity contribution in [2.24, 2.45) is 0 Å². The maximum atomic E-state index is 13.1. The Morgan fingerprint density at radius 3 is 0.988 bits per heavy atom. The fourth-order valence-corrected chi connectivity index (χ4v) is 12.0. The zero-order valence-corrected chi connectivity index (χ0v) is 56.1. The van der Waals surface area contributed by atoms with E-state index in [2.05, 4.69) is 55.6 Å². The molecule has 1 fully saturated rings. The molecule has 1 saturated heterocycles. The molecule has 1 heterocycles. The Kier molecular flexibility index (Phi) is 62.2. The Morgan fingerprint density at radius 1 is 0.388 bits per heavy atom. The van der Waals surface area contributed by atoms with Gasteiger partial charge in [-0.15, -0.1) is 0 Å². The minimum absolute atomic E-state index is 0.185. The van der Waals surface area contributed by atoms with Gasteiger partial charge in [-0.1, -0.05) is 345 Å². The van der Waals surface area contributed by atoms with Crippen LogP contribution in [0.4, 0.5) is 0 Å². The van der Waals surface area contributed by atoms with Crippen LogP contribution in [0.25, 0.3) is 0 Å². The molecule has 85 heavy (non-hydrogen) atoms. The molecule has 0 bridgehead atoms. The van der Waals surface area contributed by atoms with E-state index in [1.54, 1.807) is 6.08 Å². The highest BCUT2D eigenvalue weighted by Gasteiger charge is 2.44. The molecule has 1 amide bonds. The number of aliphatic hydroxyl groups is 5. The summed E-state index contributed by atoms with van der Waals surface area (Å²) in [6, 6.07) is -0.830. The summed E-state index contributed by atoms with van der Waals surface area (Å²) in [5, 5.41) is 54.8. The molecule has 1 aliphatic heterocycles. The third kappa shape index (κ3) is 53.7. The first-order valence-electron chi connectivity index (χ1n) is 37.4. The van der Waals surface area contributed by atoms with Gasteiger partial charge in [-0.05, 0) is 70.6 Å². The number of aliphatic hydroxyl groups excluding tert-OH is 5. The van der Waals surface area contributed by atoms with Gasteiger partial charge in [-0.2, -0.15) is 0 Å². The number of rotatable bonds is 66. The van der Waals surface area contributed by atoms with Crippen LogP contribution in [0.15, 0.2) is 48.6 Å². The van der Waals surface area contributed by atoms with Crippen LogP contribution in [0, 0.1) is 0 Å². The van der Waals surface area contributed by atoms with E-state index in [0.29, 0.717) is 6.42 Å². The summed E-state index contributed by atoms with van der Waals surface area (Å²) in [6.45, 7) is 3.81. The molecule has 9 heteroatoms. The van der Waals surface area contributed by atoms with Gasteiger partial charge in [0.1, 0.15) is 24.4 Å². The second-order valence-electron chi connectivity index (χ2n) is 26.1. The van der Waals surface area contributed by atoms with Gasteiger partial charge in [0.15, 0.2) is 6.29 Å². The summed E-state index contributed by atoms with van der Waals surface area (Å²) >= 11 is 0. The van der Waals surface area contributed by atoms with Gasteiger partial charge in [0.05, 0.1) is 25.4 Å². The van der Waals surface area contributed by atoms with Crippen LogP contribution in [-0.2, 0) is 14.3 Å². The number of carbonyl (C=O) groups is 1. The Bertz CT molecular complexity index is 1480. The van der Waals surface area contributed by atoms with Crippen molar-refractivity contribution in [2.75, 3.05) is 13.2 Å². The van der Waals surface area contributed by atoms with Gasteiger partial charge in [-0.3, -0.25) is 4.79 Å². The van der Waals surface area contributed by atoms with Crippen molar-refractivity contribution in [2.45, 2.75) is 416 Å². The van der Waals surface area contributed by atoms with E-state index in [-0.39, 0.29) is 12.5 Å². The van der Waals surface area contributed by atoms with Gasteiger partial charge >= 0.3 is 0 Å². The summed E-state index contributed by atoms with van der Waals surface area (Å²) in [4.78, 5) is 13.1. The van der Waals surface area contributed by atoms with Crippen molar-refractivity contribution >= 4 is 5.91 Å². The lowest BCUT2D eigenvalue weighted by molar-refractivity contribution is -0.302. The average molecular weight is 1200 g/mol. The van der Waals surface area contributed by atoms with Crippen molar-refractivity contribution in [1.82, 2.24) is 5.32 Å². The van der Waals surface area contributed by atoms with Crippen molar-refractivity contribution in [1.29, 1.82) is 0 Å². The number of amides is 1. The molecule has 0 spiro atoms. The quantitative estimate of drug-likeness (QED) is 0.0261. The maximum absolute atomic E-state index is 13.1. The Morgan fingerprint density at radius 2 is 0.671 bits per heavy atom. The summed E-state index contributed by atoms with van der Waals surface area (Å²) in [5.41, 5.74) is 0. The lowest BCUT2D eigenvalue weighted by Crippen LogP contribution is -2.60. The fraction of sp³-hybridized carbons (Fsp3) is 0.882. The summed E-state index contributed by atoms with van der Waals surface area (Å²) < 4.78 is 11.3. The highest BCUT2D eigenvalue weighted by Crippen LogP contribution is 2.24. The predicted octanol–water partition coefficient (Wildman–Crippen LogP) is 20.8. The van der Waals surface area contributed by atoms with E-state index in [4.69, 9.17) is 9.47 Å². The monoisotopic (exact) mass is 1200 g/mol. The number of hydrogen-bond acceptors (Lipinski definition) is 8. The molecule has 0 aromatic rings. The van der Waals surface area contributed by atoms with Gasteiger partial charge in [0, 0.05) is 6.42 Å². The first-order chi connectivity index (χ1) is 41.8. The number of hydrogen-bond donors (Lipinski definition) is 6. The second-order valence-corrected chi connectivity index (χ2v) is 26.1. The Labute approximate surface area is 526 Å². The molecule has 500 valence electrons. The topological polar surface area (TPSA) is 149 Å². The third-order valence-corrected chi connectivity index (χ3v) is 17.9. The molecule has 0 saturated carbocycles. The van der Waals surface area contributed by atoms with E-state index in [1.807, 2.05) is 6.08 Å². The van der Waals surface area contributed by atoms with Crippen LogP contribution in [-0.4, -0.2) is 87.5 Å². The standard InChI is InChI=1S/C76H143NO8/c1-3-5-7-9-11-13-15-17-19-21-23-25-27-29-31-33-34-35-36-38-39-41-43-45-47-49-51-53-55-57-59-61-63-65-70(79)69(68-84-76-75(83)74(82)73(81)71(67-78)85-76)77-72(80)66-64-62-60-58-56-54-52-50-48-46-44-42-40-37-32-30-28-26-24-22-20-18-16-14-12-10-8-6-4-2/h22,24,47,49,55,57,63,65,69-71,73-76,78-79,81-83H,3-21,23,25-46,48,50-54,56,58-62,64,66-68H2,1-2H3,(H,77,80)/b24-22-,49-47+,57-55+,65-63+. The Hall–Kier alpha value is -1.85. The SMILES string of the molecule is CCCCCCCCCC/C=C\CCCCCCCCCCCCCCCCCCCC(=O)NC(COC1OC(CO)C(O)C(O)C1O)C(O)/C=C/CC/C=C/CC/C=C/CCCCCCCCCCCCCCCCCCCCCCCCC. The average Bonchev–Trinajstić information content (AvgIpc) is 3.56. The van der Waals surface area contributed by atoms with Crippen LogP contribution in [0.3, 0.4) is 0 Å². The zero-order chi connectivity index (χ0) is 61.4. The van der Waals surface area contributed by atoms with Crippen LogP contribution in [0.5, 0.6) is 0 Å². The van der Waals surface area contributed by atoms with Gasteiger partial charge in [0.25, 0.3) is 0 Å². The van der Waals surface area contributed by atoms with Crippen LogP contribution < -0.4 is 5.32 Å². The molecule has 6 N–H and O–H groups in total. The second kappa shape index (κ2) is 65.1. The molecule has 1 aliphatic rings. The minimum Gasteiger partial charge on any atom is -0.394 e. The fourth-order valence-electron chi connectivity index (χ4n) is 12.0. The molecule has 0 aromatic heterocycles. The smallest absolute Gasteiger partial charge is 0.220 e. The number of nitrogens with one attached hydrogen (secondary N) is 1. The molecule has 7 atom stereocenters. The van der Waals surface area contributed by atoms with E-state index < -0.39 is 49.5 Å². The van der Waals surface area contributed by atoms with Crippen LogP contribution in [0.1, 0.15) is 373 Å².